The van der Waals surface area contributed by atoms with Gasteiger partial charge in [0, 0.05) is 37.8 Å². The number of β-amino-alcohol motifs (C(OH)–C–C–N with tert-alkyl or cyclic N) is 1. The van der Waals surface area contributed by atoms with Crippen molar-refractivity contribution in [1.82, 2.24) is 10.2 Å². The number of nitrogens with zero attached hydrogens (tertiary/aromatic N) is 1. The number of nitrogens with one attached hydrogen (secondary N) is 1. The standard InChI is InChI=1S/C31H36N2O7S/c1-41(38,39)25-10-7-21(8-11-25)17-33-18-24(34)16-32-30(37)26-12-9-23(22-5-3-2-4-6-22)13-29(26)40-20-31(19-33)14-27(35)28(36)15-31/h2-13,24,27-28,34-36H,14-20H2,1H3,(H,32,37)/t24-,27-,28+,31?/m0/s1. The Balaban J connectivity index is 1.47. The molecule has 1 heterocycles. The van der Waals surface area contributed by atoms with Gasteiger partial charge in [-0.1, -0.05) is 48.5 Å². The molecule has 1 fully saturated rings. The van der Waals surface area contributed by atoms with E-state index in [2.05, 4.69) is 5.32 Å². The van der Waals surface area contributed by atoms with Crippen LogP contribution in [-0.2, 0) is 16.4 Å². The minimum absolute atomic E-state index is 0.0144. The van der Waals surface area contributed by atoms with Crippen molar-refractivity contribution in [2.24, 2.45) is 5.41 Å². The zero-order chi connectivity index (χ0) is 29.2. The molecule has 9 nitrogen and oxygen atoms in total. The SMILES string of the molecule is CS(=O)(=O)c1ccc(CN2C[C@@H](O)CNC(=O)c3ccc(-c4ccccc4)cc3OCC3(C[C@@H](O)[C@@H](O)C3)C2)cc1. The summed E-state index contributed by atoms with van der Waals surface area (Å²) in [5.74, 6) is 0.0137. The number of amides is 1. The lowest BCUT2D eigenvalue weighted by Gasteiger charge is -2.37. The highest BCUT2D eigenvalue weighted by Gasteiger charge is 2.46. The van der Waals surface area contributed by atoms with Crippen LogP contribution >= 0.6 is 0 Å². The lowest BCUT2D eigenvalue weighted by molar-refractivity contribution is 0.0401. The van der Waals surface area contributed by atoms with Gasteiger partial charge in [0.15, 0.2) is 9.84 Å². The first-order chi connectivity index (χ1) is 19.5. The first-order valence-corrected chi connectivity index (χ1v) is 15.6. The Morgan fingerprint density at radius 2 is 1.63 bits per heavy atom. The summed E-state index contributed by atoms with van der Waals surface area (Å²) in [4.78, 5) is 15.4. The van der Waals surface area contributed by atoms with E-state index in [1.54, 1.807) is 30.3 Å². The number of aliphatic hydroxyl groups excluding tert-OH is 3. The Labute approximate surface area is 240 Å². The van der Waals surface area contributed by atoms with Crippen molar-refractivity contribution in [3.8, 4) is 16.9 Å². The molecule has 1 aliphatic heterocycles. The van der Waals surface area contributed by atoms with Crippen LogP contribution in [0.15, 0.2) is 77.7 Å². The zero-order valence-corrected chi connectivity index (χ0v) is 23.8. The maximum atomic E-state index is 13.2. The third-order valence-electron chi connectivity index (χ3n) is 7.88. The van der Waals surface area contributed by atoms with E-state index in [9.17, 15) is 28.5 Å². The number of ether oxygens (including phenoxy) is 1. The largest absolute Gasteiger partial charge is 0.492 e. The predicted molar refractivity (Wildman–Crippen MR) is 154 cm³/mol. The van der Waals surface area contributed by atoms with Crippen molar-refractivity contribution in [2.75, 3.05) is 32.5 Å². The molecule has 10 heteroatoms. The van der Waals surface area contributed by atoms with Crippen LogP contribution in [0.5, 0.6) is 5.75 Å². The highest BCUT2D eigenvalue weighted by Crippen LogP contribution is 2.41. The van der Waals surface area contributed by atoms with E-state index in [0.717, 1.165) is 22.9 Å². The molecule has 3 aromatic rings. The molecule has 0 radical (unpaired) electrons. The normalized spacial score (nSPS) is 26.0. The smallest absolute Gasteiger partial charge is 0.255 e. The van der Waals surface area contributed by atoms with E-state index in [-0.39, 0.29) is 43.3 Å². The molecule has 2 aliphatic rings. The van der Waals surface area contributed by atoms with Gasteiger partial charge < -0.3 is 25.4 Å². The third kappa shape index (κ3) is 6.97. The Kier molecular flexibility index (Phi) is 8.49. The van der Waals surface area contributed by atoms with E-state index in [0.29, 0.717) is 24.4 Å². The Morgan fingerprint density at radius 3 is 2.29 bits per heavy atom. The summed E-state index contributed by atoms with van der Waals surface area (Å²) in [5, 5.41) is 34.9. The van der Waals surface area contributed by atoms with Crippen LogP contribution in [0.4, 0.5) is 0 Å². The number of rotatable bonds is 4. The third-order valence-corrected chi connectivity index (χ3v) is 9.01. The number of aliphatic hydroxyl groups is 3. The molecule has 3 aromatic carbocycles. The van der Waals surface area contributed by atoms with Crippen molar-refractivity contribution in [1.29, 1.82) is 0 Å². The van der Waals surface area contributed by atoms with Gasteiger partial charge >= 0.3 is 0 Å². The van der Waals surface area contributed by atoms with E-state index < -0.39 is 33.6 Å². The first kappa shape index (κ1) is 29.2. The molecule has 1 spiro atoms. The van der Waals surface area contributed by atoms with Crippen molar-refractivity contribution >= 4 is 15.7 Å². The second-order valence-electron chi connectivity index (χ2n) is 11.4. The van der Waals surface area contributed by atoms with Gasteiger partial charge in [-0.15, -0.1) is 0 Å². The molecule has 0 saturated heterocycles. The molecule has 4 N–H and O–H groups in total. The highest BCUT2D eigenvalue weighted by atomic mass is 32.2. The maximum absolute atomic E-state index is 13.2. The van der Waals surface area contributed by atoms with Crippen LogP contribution in [0.1, 0.15) is 28.8 Å². The molecule has 0 aromatic heterocycles. The van der Waals surface area contributed by atoms with Gasteiger partial charge in [0.2, 0.25) is 0 Å². The highest BCUT2D eigenvalue weighted by molar-refractivity contribution is 7.90. The minimum atomic E-state index is -3.34. The summed E-state index contributed by atoms with van der Waals surface area (Å²) < 4.78 is 30.2. The lowest BCUT2D eigenvalue weighted by Crippen LogP contribution is -2.46. The minimum Gasteiger partial charge on any atom is -0.492 e. The molecule has 5 rings (SSSR count). The number of hydrogen-bond acceptors (Lipinski definition) is 8. The van der Waals surface area contributed by atoms with Crippen LogP contribution < -0.4 is 10.1 Å². The molecule has 4 atom stereocenters. The molecular weight excluding hydrogens is 544 g/mol. The molecular formula is C31H36N2O7S. The summed E-state index contributed by atoms with van der Waals surface area (Å²) in [7, 11) is -3.34. The zero-order valence-electron chi connectivity index (χ0n) is 22.9. The number of benzene rings is 3. The molecule has 1 unspecified atom stereocenters. The van der Waals surface area contributed by atoms with Gasteiger partial charge in [0.05, 0.1) is 35.4 Å². The second kappa shape index (κ2) is 11.9. The van der Waals surface area contributed by atoms with Crippen molar-refractivity contribution < 1.29 is 33.3 Å². The topological polar surface area (TPSA) is 136 Å². The molecule has 1 amide bonds. The number of hydrogen-bond donors (Lipinski definition) is 4. The van der Waals surface area contributed by atoms with E-state index in [1.807, 2.05) is 47.4 Å². The average molecular weight is 581 g/mol. The fourth-order valence-electron chi connectivity index (χ4n) is 5.83. The maximum Gasteiger partial charge on any atom is 0.255 e. The van der Waals surface area contributed by atoms with Gasteiger partial charge in [-0.2, -0.15) is 0 Å². The Bertz CT molecular complexity index is 1470. The number of fused-ring (bicyclic) bond motifs is 1. The van der Waals surface area contributed by atoms with E-state index in [1.165, 1.54) is 0 Å². The van der Waals surface area contributed by atoms with Crippen LogP contribution in [0.2, 0.25) is 0 Å². The van der Waals surface area contributed by atoms with Gasteiger partial charge in [-0.3, -0.25) is 9.69 Å². The number of carbonyl (C=O) groups excluding carboxylic acids is 1. The van der Waals surface area contributed by atoms with Crippen LogP contribution in [0.3, 0.4) is 0 Å². The van der Waals surface area contributed by atoms with Crippen molar-refractivity contribution in [3.63, 3.8) is 0 Å². The van der Waals surface area contributed by atoms with Crippen molar-refractivity contribution in [2.45, 2.75) is 42.6 Å². The molecule has 1 aliphatic carbocycles. The lowest BCUT2D eigenvalue weighted by atomic mass is 9.85. The van der Waals surface area contributed by atoms with Crippen LogP contribution in [0, 0.1) is 5.41 Å². The molecule has 1 saturated carbocycles. The quantitative estimate of drug-likeness (QED) is 0.369. The van der Waals surface area contributed by atoms with Gasteiger partial charge in [-0.25, -0.2) is 8.42 Å². The molecule has 0 bridgehead atoms. The van der Waals surface area contributed by atoms with E-state index >= 15 is 0 Å². The summed E-state index contributed by atoms with van der Waals surface area (Å²) in [6.07, 6.45) is -1.02. The monoisotopic (exact) mass is 580 g/mol. The summed E-state index contributed by atoms with van der Waals surface area (Å²) in [5.41, 5.74) is 2.36. The van der Waals surface area contributed by atoms with Gasteiger partial charge in [0.1, 0.15) is 5.75 Å². The Morgan fingerprint density at radius 1 is 0.951 bits per heavy atom. The van der Waals surface area contributed by atoms with Crippen LogP contribution in [-0.4, -0.2) is 85.4 Å². The fourth-order valence-corrected chi connectivity index (χ4v) is 6.46. The fraction of sp³-hybridized carbons (Fsp3) is 0.387. The second-order valence-corrected chi connectivity index (χ2v) is 13.4. The number of sulfone groups is 1. The summed E-state index contributed by atoms with van der Waals surface area (Å²) in [6.45, 7) is 1.15. The Hall–Kier alpha value is -3.28. The molecule has 41 heavy (non-hydrogen) atoms. The van der Waals surface area contributed by atoms with Gasteiger partial charge in [0.25, 0.3) is 5.91 Å². The summed E-state index contributed by atoms with van der Waals surface area (Å²) >= 11 is 0. The summed E-state index contributed by atoms with van der Waals surface area (Å²) in [6, 6.07) is 21.7. The molecule has 218 valence electrons. The van der Waals surface area contributed by atoms with E-state index in [4.69, 9.17) is 4.74 Å². The van der Waals surface area contributed by atoms with Crippen molar-refractivity contribution in [3.05, 3.63) is 83.9 Å². The predicted octanol–water partition coefficient (Wildman–Crippen LogP) is 2.24. The average Bonchev–Trinajstić information content (AvgIpc) is 3.22. The van der Waals surface area contributed by atoms with Crippen LogP contribution in [0.25, 0.3) is 11.1 Å². The van der Waals surface area contributed by atoms with Gasteiger partial charge in [-0.05, 0) is 53.8 Å². The number of carbonyl (C=O) groups is 1. The first-order valence-electron chi connectivity index (χ1n) is 13.7.